The Labute approximate surface area is 152 Å². The van der Waals surface area contributed by atoms with Crippen LogP contribution in [0.2, 0.25) is 0 Å². The fourth-order valence-electron chi connectivity index (χ4n) is 2.19. The molecule has 4 N–H and O–H groups in total. The first-order chi connectivity index (χ1) is 12.1. The Bertz CT molecular complexity index is 536. The van der Waals surface area contributed by atoms with Gasteiger partial charge in [0.15, 0.2) is 0 Å². The summed E-state index contributed by atoms with van der Waals surface area (Å²) < 4.78 is 5.13. The molecule has 2 rings (SSSR count). The molecule has 0 radical (unpaired) electrons. The van der Waals surface area contributed by atoms with E-state index in [1.165, 1.54) is 4.90 Å². The van der Waals surface area contributed by atoms with Crippen LogP contribution in [0.4, 0.5) is 4.79 Å². The van der Waals surface area contributed by atoms with Crippen LogP contribution in [0.5, 0.6) is 0 Å². The molecule has 10 heteroatoms. The van der Waals surface area contributed by atoms with E-state index in [0.717, 1.165) is 0 Å². The van der Waals surface area contributed by atoms with Gasteiger partial charge in [0, 0.05) is 19.6 Å². The largest absolute Gasteiger partial charge is 0.483 e. The highest BCUT2D eigenvalue weighted by atomic mass is 16.6. The molecule has 10 nitrogen and oxygen atoms in total. The molecular formula is C16H26N4O6. The van der Waals surface area contributed by atoms with Crippen molar-refractivity contribution in [3.8, 4) is 12.1 Å². The summed E-state index contributed by atoms with van der Waals surface area (Å²) in [6.45, 7) is 6.70. The van der Waals surface area contributed by atoms with Crippen molar-refractivity contribution in [2.24, 2.45) is 11.8 Å². The highest BCUT2D eigenvalue weighted by Gasteiger charge is 2.36. The number of hydrogen-bond acceptors (Lipinski definition) is 8. The molecule has 0 saturated carbocycles. The summed E-state index contributed by atoms with van der Waals surface area (Å²) >= 11 is 0. The van der Waals surface area contributed by atoms with Gasteiger partial charge in [0.1, 0.15) is 5.60 Å². The number of β-amino-alcohol motifs (C(OH)–C–C–N with tert-alkyl or cyclic N) is 2. The van der Waals surface area contributed by atoms with Crippen LogP contribution in [-0.2, 0) is 9.53 Å². The van der Waals surface area contributed by atoms with E-state index in [4.69, 9.17) is 30.3 Å². The Balaban J connectivity index is 0.000000474. The molecule has 4 atom stereocenters. The van der Waals surface area contributed by atoms with Gasteiger partial charge in [0.05, 0.1) is 42.7 Å². The Morgan fingerprint density at radius 3 is 2.00 bits per heavy atom. The third-order valence-electron chi connectivity index (χ3n) is 3.45. The fourth-order valence-corrected chi connectivity index (χ4v) is 2.19. The molecule has 2 aliphatic heterocycles. The molecule has 0 bridgehead atoms. The summed E-state index contributed by atoms with van der Waals surface area (Å²) in [6, 6.07) is 3.96. The molecule has 0 aromatic rings. The minimum Gasteiger partial charge on any atom is -0.483 e. The standard InChI is InChI=1S/C10H16N2O3.C5H8N2O.CH2O2/c1-10(2,3)15-9(14)12-5-7(4-11)8(13)6-12;6-1-4-2-7-3-5(4)8;2-1-3/h7-8,13H,5-6H2,1-3H3;4-5,7-8H,2-3H2;1H,(H,2,3)/t7-,8+;4-,5+;/m11./s1. The van der Waals surface area contributed by atoms with Crippen molar-refractivity contribution in [3.05, 3.63) is 0 Å². The van der Waals surface area contributed by atoms with Gasteiger partial charge in [-0.25, -0.2) is 4.79 Å². The molecule has 0 aromatic carbocycles. The zero-order valence-corrected chi connectivity index (χ0v) is 15.1. The molecule has 2 fully saturated rings. The van der Waals surface area contributed by atoms with Crippen molar-refractivity contribution in [2.45, 2.75) is 38.6 Å². The molecule has 0 spiro atoms. The van der Waals surface area contributed by atoms with Crippen LogP contribution < -0.4 is 5.32 Å². The van der Waals surface area contributed by atoms with Crippen molar-refractivity contribution in [1.82, 2.24) is 10.2 Å². The second-order valence-electron chi connectivity index (χ2n) is 6.75. The molecule has 2 saturated heterocycles. The second kappa shape index (κ2) is 11.3. The number of likely N-dealkylation sites (tertiary alicyclic amines) is 1. The first-order valence-electron chi connectivity index (χ1n) is 8.01. The highest BCUT2D eigenvalue weighted by Crippen LogP contribution is 2.19. The topological polar surface area (TPSA) is 167 Å². The van der Waals surface area contributed by atoms with Crippen molar-refractivity contribution in [1.29, 1.82) is 10.5 Å². The number of aliphatic hydroxyl groups is 2. The van der Waals surface area contributed by atoms with E-state index in [1.54, 1.807) is 20.8 Å². The van der Waals surface area contributed by atoms with Crippen LogP contribution in [-0.4, -0.2) is 76.8 Å². The van der Waals surface area contributed by atoms with Gasteiger partial charge >= 0.3 is 6.09 Å². The Morgan fingerprint density at radius 1 is 1.15 bits per heavy atom. The number of nitriles is 2. The molecular weight excluding hydrogens is 344 g/mol. The Kier molecular flexibility index (Phi) is 10.2. The zero-order chi connectivity index (χ0) is 20.3. The number of rotatable bonds is 0. The van der Waals surface area contributed by atoms with Crippen LogP contribution in [0, 0.1) is 34.5 Å². The molecule has 0 aromatic heterocycles. The third kappa shape index (κ3) is 8.62. The van der Waals surface area contributed by atoms with E-state index in [9.17, 15) is 9.90 Å². The van der Waals surface area contributed by atoms with Crippen LogP contribution in [0.3, 0.4) is 0 Å². The van der Waals surface area contributed by atoms with Gasteiger partial charge < -0.3 is 30.3 Å². The number of carbonyl (C=O) groups is 2. The van der Waals surface area contributed by atoms with Crippen LogP contribution in [0.15, 0.2) is 0 Å². The van der Waals surface area contributed by atoms with Gasteiger partial charge in [0.25, 0.3) is 6.47 Å². The number of nitrogens with zero attached hydrogens (tertiary/aromatic N) is 3. The highest BCUT2D eigenvalue weighted by molar-refractivity contribution is 5.68. The quantitative estimate of drug-likeness (QED) is 0.412. The zero-order valence-electron chi connectivity index (χ0n) is 15.1. The summed E-state index contributed by atoms with van der Waals surface area (Å²) in [7, 11) is 0. The molecule has 1 amide bonds. The van der Waals surface area contributed by atoms with Crippen LogP contribution in [0.25, 0.3) is 0 Å². The summed E-state index contributed by atoms with van der Waals surface area (Å²) in [4.78, 5) is 21.3. The van der Waals surface area contributed by atoms with E-state index in [2.05, 4.69) is 5.32 Å². The predicted octanol–water partition coefficient (Wildman–Crippen LogP) is -0.471. The second-order valence-corrected chi connectivity index (χ2v) is 6.75. The van der Waals surface area contributed by atoms with Gasteiger partial charge in [0.2, 0.25) is 0 Å². The van der Waals surface area contributed by atoms with Crippen molar-refractivity contribution >= 4 is 12.6 Å². The predicted molar refractivity (Wildman–Crippen MR) is 89.6 cm³/mol. The van der Waals surface area contributed by atoms with Crippen LogP contribution in [0.1, 0.15) is 20.8 Å². The molecule has 0 aliphatic carbocycles. The maximum atomic E-state index is 11.6. The van der Waals surface area contributed by atoms with E-state index in [1.807, 2.05) is 12.1 Å². The smallest absolute Gasteiger partial charge is 0.410 e. The van der Waals surface area contributed by atoms with Gasteiger partial charge in [-0.1, -0.05) is 0 Å². The van der Waals surface area contributed by atoms with Gasteiger partial charge in [-0.3, -0.25) is 4.79 Å². The lowest BCUT2D eigenvalue weighted by Gasteiger charge is -2.24. The number of carbonyl (C=O) groups excluding carboxylic acids is 1. The molecule has 0 unspecified atom stereocenters. The van der Waals surface area contributed by atoms with E-state index in [0.29, 0.717) is 13.1 Å². The minimum atomic E-state index is -0.762. The summed E-state index contributed by atoms with van der Waals surface area (Å²) in [6.07, 6.45) is -1.68. The molecule has 146 valence electrons. The number of carboxylic acid groups (broad SMARTS) is 1. The molecule has 26 heavy (non-hydrogen) atoms. The monoisotopic (exact) mass is 370 g/mol. The average Bonchev–Trinajstić information content (AvgIpc) is 3.12. The average molecular weight is 370 g/mol. The van der Waals surface area contributed by atoms with Crippen molar-refractivity contribution in [2.75, 3.05) is 26.2 Å². The van der Waals surface area contributed by atoms with E-state index < -0.39 is 29.8 Å². The summed E-state index contributed by atoms with van der Waals surface area (Å²) in [5.74, 6) is -0.687. The summed E-state index contributed by atoms with van der Waals surface area (Å²) in [5, 5.41) is 45.1. The van der Waals surface area contributed by atoms with Gasteiger partial charge in [-0.05, 0) is 20.8 Å². The number of hydrogen-bond donors (Lipinski definition) is 4. The lowest BCUT2D eigenvalue weighted by molar-refractivity contribution is -0.122. The third-order valence-corrected chi connectivity index (χ3v) is 3.45. The van der Waals surface area contributed by atoms with Crippen molar-refractivity contribution < 1.29 is 29.6 Å². The number of ether oxygens (including phenoxy) is 1. The van der Waals surface area contributed by atoms with Crippen molar-refractivity contribution in [3.63, 3.8) is 0 Å². The van der Waals surface area contributed by atoms with E-state index in [-0.39, 0.29) is 25.5 Å². The van der Waals surface area contributed by atoms with Gasteiger partial charge in [-0.2, -0.15) is 10.5 Å². The number of amides is 1. The number of nitrogens with one attached hydrogen (secondary N) is 1. The van der Waals surface area contributed by atoms with E-state index >= 15 is 0 Å². The van der Waals surface area contributed by atoms with Crippen LogP contribution >= 0.6 is 0 Å². The lowest BCUT2D eigenvalue weighted by Crippen LogP contribution is -2.35. The normalized spacial score (nSPS) is 27.0. The maximum Gasteiger partial charge on any atom is 0.410 e. The number of aliphatic hydroxyl groups excluding tert-OH is 2. The molecule has 2 heterocycles. The first-order valence-corrected chi connectivity index (χ1v) is 8.01. The SMILES string of the molecule is CC(C)(C)OC(=O)N1C[C@@H](C#N)[C@@H](O)C1.N#C[C@@H]1CNC[C@@H]1O.O=CO. The Hall–Kier alpha value is -2.40. The summed E-state index contributed by atoms with van der Waals surface area (Å²) in [5.41, 5.74) is -0.549. The fraction of sp³-hybridized carbons (Fsp3) is 0.750. The minimum absolute atomic E-state index is 0.174. The molecule has 2 aliphatic rings. The lowest BCUT2D eigenvalue weighted by atomic mass is 10.1. The maximum absolute atomic E-state index is 11.6. The van der Waals surface area contributed by atoms with Gasteiger partial charge in [-0.15, -0.1) is 0 Å². The Morgan fingerprint density at radius 2 is 1.69 bits per heavy atom. The first kappa shape index (κ1) is 23.6.